The first-order valence-corrected chi connectivity index (χ1v) is 3.70. The molecular formula is C8H12ClN3O2. The topological polar surface area (TPSA) is 77.2 Å². The molecule has 0 aliphatic carbocycles. The Kier molecular flexibility index (Phi) is 4.72. The van der Waals surface area contributed by atoms with Crippen molar-refractivity contribution >= 4 is 29.8 Å². The number of nitrogens with two attached hydrogens (primary N) is 1. The van der Waals surface area contributed by atoms with Gasteiger partial charge in [-0.25, -0.2) is 4.98 Å². The predicted octanol–water partition coefficient (Wildman–Crippen LogP) is 1.05. The molecule has 6 heteroatoms. The molecule has 0 radical (unpaired) electrons. The summed E-state index contributed by atoms with van der Waals surface area (Å²) in [5, 5.41) is 2.51. The number of carbonyl (C=O) groups is 1. The highest BCUT2D eigenvalue weighted by atomic mass is 35.5. The molecule has 1 amide bonds. The zero-order chi connectivity index (χ0) is 9.84. The van der Waals surface area contributed by atoms with Crippen LogP contribution < -0.4 is 15.8 Å². The summed E-state index contributed by atoms with van der Waals surface area (Å²) < 4.78 is 4.90. The summed E-state index contributed by atoms with van der Waals surface area (Å²) in [4.78, 5) is 14.6. The SMILES string of the molecule is COc1cnc(NC(C)=O)cc1N.Cl. The summed E-state index contributed by atoms with van der Waals surface area (Å²) in [7, 11) is 1.51. The van der Waals surface area contributed by atoms with E-state index in [0.29, 0.717) is 17.3 Å². The lowest BCUT2D eigenvalue weighted by molar-refractivity contribution is -0.114. The Morgan fingerprint density at radius 1 is 1.64 bits per heavy atom. The van der Waals surface area contributed by atoms with Gasteiger partial charge in [0.1, 0.15) is 5.82 Å². The fourth-order valence-electron chi connectivity index (χ4n) is 0.878. The number of halogens is 1. The van der Waals surface area contributed by atoms with E-state index in [9.17, 15) is 4.79 Å². The first-order valence-electron chi connectivity index (χ1n) is 3.70. The molecule has 14 heavy (non-hydrogen) atoms. The van der Waals surface area contributed by atoms with Crippen molar-refractivity contribution in [3.05, 3.63) is 12.3 Å². The molecule has 0 aliphatic heterocycles. The highest BCUT2D eigenvalue weighted by Crippen LogP contribution is 2.21. The van der Waals surface area contributed by atoms with Crippen LogP contribution in [0.15, 0.2) is 12.3 Å². The van der Waals surface area contributed by atoms with Gasteiger partial charge in [0.25, 0.3) is 0 Å². The molecule has 1 aromatic heterocycles. The average molecular weight is 218 g/mol. The predicted molar refractivity (Wildman–Crippen MR) is 56.8 cm³/mol. The summed E-state index contributed by atoms with van der Waals surface area (Å²) in [6.07, 6.45) is 1.46. The molecule has 0 bridgehead atoms. The van der Waals surface area contributed by atoms with Gasteiger partial charge in [0.15, 0.2) is 5.75 Å². The summed E-state index contributed by atoms with van der Waals surface area (Å²) in [5.74, 6) is 0.733. The van der Waals surface area contributed by atoms with E-state index >= 15 is 0 Å². The van der Waals surface area contributed by atoms with Crippen LogP contribution in [0, 0.1) is 0 Å². The molecule has 5 nitrogen and oxygen atoms in total. The number of hydrogen-bond donors (Lipinski definition) is 2. The van der Waals surface area contributed by atoms with Gasteiger partial charge in [0, 0.05) is 13.0 Å². The molecule has 0 aromatic carbocycles. The normalized spacial score (nSPS) is 8.71. The van der Waals surface area contributed by atoms with Gasteiger partial charge in [-0.2, -0.15) is 0 Å². The van der Waals surface area contributed by atoms with Gasteiger partial charge in [0.05, 0.1) is 19.0 Å². The van der Waals surface area contributed by atoms with Crippen LogP contribution in [0.2, 0.25) is 0 Å². The van der Waals surface area contributed by atoms with Gasteiger partial charge >= 0.3 is 0 Å². The minimum atomic E-state index is -0.183. The van der Waals surface area contributed by atoms with Crippen LogP contribution in [-0.2, 0) is 4.79 Å². The molecule has 0 saturated heterocycles. The number of anilines is 2. The van der Waals surface area contributed by atoms with Crippen molar-refractivity contribution in [3.63, 3.8) is 0 Å². The monoisotopic (exact) mass is 217 g/mol. The van der Waals surface area contributed by atoms with Crippen molar-refractivity contribution in [2.75, 3.05) is 18.2 Å². The van der Waals surface area contributed by atoms with E-state index in [1.165, 1.54) is 20.2 Å². The maximum Gasteiger partial charge on any atom is 0.222 e. The number of aromatic nitrogens is 1. The molecule has 0 saturated carbocycles. The molecule has 1 heterocycles. The van der Waals surface area contributed by atoms with Crippen molar-refractivity contribution in [1.82, 2.24) is 4.98 Å². The van der Waals surface area contributed by atoms with Crippen LogP contribution in [0.5, 0.6) is 5.75 Å². The summed E-state index contributed by atoms with van der Waals surface area (Å²) in [6, 6.07) is 1.54. The molecule has 1 rings (SSSR count). The van der Waals surface area contributed by atoms with E-state index < -0.39 is 0 Å². The van der Waals surface area contributed by atoms with E-state index in [1.807, 2.05) is 0 Å². The second kappa shape index (κ2) is 5.29. The van der Waals surface area contributed by atoms with Gasteiger partial charge in [-0.1, -0.05) is 0 Å². The van der Waals surface area contributed by atoms with Gasteiger partial charge < -0.3 is 15.8 Å². The van der Waals surface area contributed by atoms with Crippen LogP contribution in [-0.4, -0.2) is 18.0 Å². The lowest BCUT2D eigenvalue weighted by atomic mass is 10.3. The highest BCUT2D eigenvalue weighted by Gasteiger charge is 2.02. The smallest absolute Gasteiger partial charge is 0.222 e. The Morgan fingerprint density at radius 2 is 2.29 bits per heavy atom. The lowest BCUT2D eigenvalue weighted by Crippen LogP contribution is -2.08. The number of carbonyl (C=O) groups excluding carboxylic acids is 1. The van der Waals surface area contributed by atoms with E-state index in [4.69, 9.17) is 10.5 Å². The van der Waals surface area contributed by atoms with Gasteiger partial charge in [-0.15, -0.1) is 12.4 Å². The largest absolute Gasteiger partial charge is 0.493 e. The maximum atomic E-state index is 10.7. The van der Waals surface area contributed by atoms with E-state index in [-0.39, 0.29) is 18.3 Å². The minimum absolute atomic E-state index is 0. The molecule has 0 atom stereocenters. The van der Waals surface area contributed by atoms with E-state index in [2.05, 4.69) is 10.3 Å². The van der Waals surface area contributed by atoms with Gasteiger partial charge in [0.2, 0.25) is 5.91 Å². The first kappa shape index (κ1) is 12.5. The fraction of sp³-hybridized carbons (Fsp3) is 0.250. The Morgan fingerprint density at radius 3 is 2.71 bits per heavy atom. The average Bonchev–Trinajstić information content (AvgIpc) is 2.03. The van der Waals surface area contributed by atoms with Crippen LogP contribution in [0.1, 0.15) is 6.92 Å². The van der Waals surface area contributed by atoms with E-state index in [0.717, 1.165) is 0 Å². The summed E-state index contributed by atoms with van der Waals surface area (Å²) in [6.45, 7) is 1.40. The van der Waals surface area contributed by atoms with Gasteiger partial charge in [-0.3, -0.25) is 4.79 Å². The minimum Gasteiger partial charge on any atom is -0.493 e. The molecule has 0 unspecified atom stereocenters. The number of hydrogen-bond acceptors (Lipinski definition) is 4. The number of methoxy groups -OCH3 is 1. The molecule has 0 spiro atoms. The molecule has 3 N–H and O–H groups in total. The third-order valence-electron chi connectivity index (χ3n) is 1.42. The Hall–Kier alpha value is -1.49. The maximum absolute atomic E-state index is 10.7. The van der Waals surface area contributed by atoms with Crippen molar-refractivity contribution in [1.29, 1.82) is 0 Å². The Bertz CT molecular complexity index is 330. The second-order valence-corrected chi connectivity index (χ2v) is 2.49. The third kappa shape index (κ3) is 3.10. The van der Waals surface area contributed by atoms with Crippen molar-refractivity contribution in [3.8, 4) is 5.75 Å². The number of amides is 1. The van der Waals surface area contributed by atoms with Crippen LogP contribution in [0.25, 0.3) is 0 Å². The van der Waals surface area contributed by atoms with Crippen LogP contribution >= 0.6 is 12.4 Å². The molecule has 0 fully saturated rings. The number of nitrogens with one attached hydrogen (secondary N) is 1. The number of nitrogens with zero attached hydrogens (tertiary/aromatic N) is 1. The standard InChI is InChI=1S/C8H11N3O2.ClH/c1-5(12)11-8-3-6(9)7(13-2)4-10-8;/h3-4H,1-2H3,(H3,9,10,11,12);1H. The Labute approximate surface area is 88.1 Å². The molecule has 0 aliphatic rings. The molecular weight excluding hydrogens is 206 g/mol. The van der Waals surface area contributed by atoms with Crippen molar-refractivity contribution < 1.29 is 9.53 Å². The van der Waals surface area contributed by atoms with Gasteiger partial charge in [-0.05, 0) is 0 Å². The number of rotatable bonds is 2. The molecule has 78 valence electrons. The third-order valence-corrected chi connectivity index (χ3v) is 1.42. The van der Waals surface area contributed by atoms with E-state index in [1.54, 1.807) is 6.07 Å². The van der Waals surface area contributed by atoms with Crippen molar-refractivity contribution in [2.45, 2.75) is 6.92 Å². The molecule has 1 aromatic rings. The number of nitrogen functional groups attached to an aromatic ring is 1. The second-order valence-electron chi connectivity index (χ2n) is 2.49. The first-order chi connectivity index (χ1) is 6.13. The van der Waals surface area contributed by atoms with Crippen molar-refractivity contribution in [2.24, 2.45) is 0 Å². The van der Waals surface area contributed by atoms with Crippen LogP contribution in [0.4, 0.5) is 11.5 Å². The Balaban J connectivity index is 0.00000169. The summed E-state index contributed by atoms with van der Waals surface area (Å²) in [5.41, 5.74) is 6.04. The lowest BCUT2D eigenvalue weighted by Gasteiger charge is -2.05. The number of ether oxygens (including phenoxy) is 1. The highest BCUT2D eigenvalue weighted by molar-refractivity contribution is 5.88. The quantitative estimate of drug-likeness (QED) is 0.777. The number of pyridine rings is 1. The summed E-state index contributed by atoms with van der Waals surface area (Å²) >= 11 is 0. The zero-order valence-electron chi connectivity index (χ0n) is 7.90. The zero-order valence-corrected chi connectivity index (χ0v) is 8.72. The van der Waals surface area contributed by atoms with Crippen LogP contribution in [0.3, 0.4) is 0 Å². The fourth-order valence-corrected chi connectivity index (χ4v) is 0.878.